The topological polar surface area (TPSA) is 62.1 Å². The van der Waals surface area contributed by atoms with Gasteiger partial charge in [-0.15, -0.1) is 0 Å². The molecule has 0 aromatic heterocycles. The second kappa shape index (κ2) is 8.82. The van der Waals surface area contributed by atoms with Gasteiger partial charge >= 0.3 is 0 Å². The molecule has 6 heteroatoms. The molecule has 1 aromatic carbocycles. The minimum absolute atomic E-state index is 0.143. The van der Waals surface area contributed by atoms with Gasteiger partial charge in [0.05, 0.1) is 0 Å². The van der Waals surface area contributed by atoms with Gasteiger partial charge in [0.25, 0.3) is 5.91 Å². The molecular weight excluding hydrogens is 278 g/mol. The summed E-state index contributed by atoms with van der Waals surface area (Å²) in [5.74, 6) is -1.97. The first kappa shape index (κ1) is 16.8. The minimum atomic E-state index is -0.701. The highest BCUT2D eigenvalue weighted by Gasteiger charge is 2.10. The summed E-state index contributed by atoms with van der Waals surface area (Å²) in [4.78, 5) is 11.7. The molecule has 0 radical (unpaired) electrons. The molecule has 0 saturated carbocycles. The van der Waals surface area contributed by atoms with Crippen molar-refractivity contribution >= 4 is 12.0 Å². The normalized spacial score (nSPS) is 11.0. The Balaban J connectivity index is 2.69. The Morgan fingerprint density at radius 2 is 2.24 bits per heavy atom. The third-order valence-corrected chi connectivity index (χ3v) is 2.58. The predicted molar refractivity (Wildman–Crippen MR) is 74.1 cm³/mol. The van der Waals surface area contributed by atoms with Crippen LogP contribution in [0.1, 0.15) is 18.9 Å². The molecule has 1 rings (SSSR count). The Morgan fingerprint density at radius 1 is 1.48 bits per heavy atom. The lowest BCUT2D eigenvalue weighted by Crippen LogP contribution is -2.26. The third kappa shape index (κ3) is 5.71. The molecule has 1 N–H and O–H groups in total. The van der Waals surface area contributed by atoms with Crippen LogP contribution in [0.25, 0.3) is 6.08 Å². The number of carbonyl (C=O) groups excluding carboxylic acids is 1. The van der Waals surface area contributed by atoms with E-state index in [9.17, 15) is 13.6 Å². The van der Waals surface area contributed by atoms with Gasteiger partial charge in [-0.05, 0) is 37.6 Å². The van der Waals surface area contributed by atoms with E-state index in [1.54, 1.807) is 6.07 Å². The van der Waals surface area contributed by atoms with Crippen LogP contribution >= 0.6 is 0 Å². The number of hydrogen-bond acceptors (Lipinski definition) is 3. The average molecular weight is 294 g/mol. The van der Waals surface area contributed by atoms with Gasteiger partial charge in [0.1, 0.15) is 23.3 Å². The highest BCUT2D eigenvalue weighted by Crippen LogP contribution is 2.13. The van der Waals surface area contributed by atoms with Crippen molar-refractivity contribution in [2.45, 2.75) is 13.3 Å². The molecule has 0 spiro atoms. The maximum absolute atomic E-state index is 13.5. The van der Waals surface area contributed by atoms with Crippen molar-refractivity contribution in [1.29, 1.82) is 5.26 Å². The van der Waals surface area contributed by atoms with E-state index in [4.69, 9.17) is 10.00 Å². The number of rotatable bonds is 7. The van der Waals surface area contributed by atoms with Crippen LogP contribution in [0.3, 0.4) is 0 Å². The van der Waals surface area contributed by atoms with Gasteiger partial charge in [-0.3, -0.25) is 4.79 Å². The fourth-order valence-electron chi connectivity index (χ4n) is 1.55. The van der Waals surface area contributed by atoms with E-state index in [0.717, 1.165) is 24.3 Å². The zero-order valence-corrected chi connectivity index (χ0v) is 11.7. The van der Waals surface area contributed by atoms with E-state index in [0.29, 0.717) is 26.2 Å². The van der Waals surface area contributed by atoms with Crippen LogP contribution in [0.2, 0.25) is 0 Å². The average Bonchev–Trinajstić information content (AvgIpc) is 2.47. The van der Waals surface area contributed by atoms with Gasteiger partial charge in [-0.1, -0.05) is 0 Å². The first-order valence-electron chi connectivity index (χ1n) is 6.51. The van der Waals surface area contributed by atoms with Crippen molar-refractivity contribution in [2.24, 2.45) is 0 Å². The first-order valence-corrected chi connectivity index (χ1v) is 6.51. The molecule has 0 aliphatic heterocycles. The van der Waals surface area contributed by atoms with E-state index >= 15 is 0 Å². The summed E-state index contributed by atoms with van der Waals surface area (Å²) in [7, 11) is 0. The Morgan fingerprint density at radius 3 is 2.90 bits per heavy atom. The van der Waals surface area contributed by atoms with Gasteiger partial charge in [0.15, 0.2) is 0 Å². The largest absolute Gasteiger partial charge is 0.382 e. The molecule has 1 aromatic rings. The third-order valence-electron chi connectivity index (χ3n) is 2.58. The van der Waals surface area contributed by atoms with Crippen molar-refractivity contribution in [3.05, 3.63) is 41.0 Å². The Kier molecular flexibility index (Phi) is 7.05. The van der Waals surface area contributed by atoms with Crippen LogP contribution in [-0.4, -0.2) is 25.7 Å². The van der Waals surface area contributed by atoms with Crippen LogP contribution in [0.15, 0.2) is 23.8 Å². The van der Waals surface area contributed by atoms with Gasteiger partial charge in [0.2, 0.25) is 0 Å². The number of hydrogen-bond donors (Lipinski definition) is 1. The zero-order valence-electron chi connectivity index (χ0n) is 11.7. The van der Waals surface area contributed by atoms with E-state index in [-0.39, 0.29) is 11.1 Å². The lowest BCUT2D eigenvalue weighted by Gasteiger charge is -2.05. The summed E-state index contributed by atoms with van der Waals surface area (Å²) >= 11 is 0. The van der Waals surface area contributed by atoms with Gasteiger partial charge in [-0.25, -0.2) is 8.78 Å². The Hall–Kier alpha value is -2.26. The van der Waals surface area contributed by atoms with Crippen molar-refractivity contribution in [2.75, 3.05) is 19.8 Å². The number of carbonyl (C=O) groups is 1. The molecular formula is C15H16F2N2O2. The van der Waals surface area contributed by atoms with E-state index in [1.807, 2.05) is 6.92 Å². The van der Waals surface area contributed by atoms with Gasteiger partial charge < -0.3 is 10.1 Å². The highest BCUT2D eigenvalue weighted by molar-refractivity contribution is 6.01. The summed E-state index contributed by atoms with van der Waals surface area (Å²) in [6.07, 6.45) is 1.63. The number of ether oxygens (including phenoxy) is 1. The summed E-state index contributed by atoms with van der Waals surface area (Å²) in [6.45, 7) is 3.29. The SMILES string of the molecule is CCOCCCNC(=O)/C(C#N)=C/c1cc(F)ccc1F. The minimum Gasteiger partial charge on any atom is -0.382 e. The lowest BCUT2D eigenvalue weighted by molar-refractivity contribution is -0.117. The quantitative estimate of drug-likeness (QED) is 0.477. The predicted octanol–water partition coefficient (Wildman–Crippen LogP) is 2.41. The van der Waals surface area contributed by atoms with Crippen LogP contribution in [-0.2, 0) is 9.53 Å². The molecule has 0 unspecified atom stereocenters. The first-order chi connectivity index (χ1) is 10.1. The summed E-state index contributed by atoms with van der Waals surface area (Å²) < 4.78 is 31.6. The summed E-state index contributed by atoms with van der Waals surface area (Å²) in [6, 6.07) is 4.51. The van der Waals surface area contributed by atoms with Gasteiger partial charge in [0, 0.05) is 25.3 Å². The van der Waals surface area contributed by atoms with Crippen molar-refractivity contribution in [1.82, 2.24) is 5.32 Å². The second-order valence-electron chi connectivity index (χ2n) is 4.14. The van der Waals surface area contributed by atoms with Crippen molar-refractivity contribution in [3.8, 4) is 6.07 Å². The molecule has 0 bridgehead atoms. The van der Waals surface area contributed by atoms with Crippen molar-refractivity contribution in [3.63, 3.8) is 0 Å². The van der Waals surface area contributed by atoms with E-state index in [2.05, 4.69) is 5.32 Å². The molecule has 4 nitrogen and oxygen atoms in total. The fraction of sp³-hybridized carbons (Fsp3) is 0.333. The molecule has 0 atom stereocenters. The Bertz CT molecular complexity index is 565. The molecule has 112 valence electrons. The maximum atomic E-state index is 13.5. The van der Waals surface area contributed by atoms with Crippen LogP contribution in [0.4, 0.5) is 8.78 Å². The number of halogens is 2. The molecule has 1 amide bonds. The molecule has 0 aliphatic rings. The standard InChI is InChI=1S/C15H16F2N2O2/c1-2-21-7-3-6-19-15(20)12(10-18)8-11-9-13(16)4-5-14(11)17/h4-5,8-9H,2-3,6-7H2,1H3,(H,19,20)/b12-8+. The number of benzene rings is 1. The number of nitrogens with one attached hydrogen (secondary N) is 1. The lowest BCUT2D eigenvalue weighted by atomic mass is 10.1. The summed E-state index contributed by atoms with van der Waals surface area (Å²) in [5, 5.41) is 11.5. The maximum Gasteiger partial charge on any atom is 0.261 e. The molecule has 21 heavy (non-hydrogen) atoms. The van der Waals surface area contributed by atoms with Gasteiger partial charge in [-0.2, -0.15) is 5.26 Å². The molecule has 0 fully saturated rings. The number of nitriles is 1. The van der Waals surface area contributed by atoms with Crippen LogP contribution < -0.4 is 5.32 Å². The Labute approximate surface area is 122 Å². The zero-order chi connectivity index (χ0) is 15.7. The fourth-order valence-corrected chi connectivity index (χ4v) is 1.55. The van der Waals surface area contributed by atoms with Crippen LogP contribution in [0.5, 0.6) is 0 Å². The van der Waals surface area contributed by atoms with E-state index < -0.39 is 17.5 Å². The summed E-state index contributed by atoms with van der Waals surface area (Å²) in [5.41, 5.74) is -0.424. The van der Waals surface area contributed by atoms with E-state index in [1.165, 1.54) is 0 Å². The molecule has 0 heterocycles. The highest BCUT2D eigenvalue weighted by atomic mass is 19.1. The number of nitrogens with zero attached hydrogens (tertiary/aromatic N) is 1. The van der Waals surface area contributed by atoms with Crippen LogP contribution in [0, 0.1) is 23.0 Å². The van der Waals surface area contributed by atoms with Crippen molar-refractivity contribution < 1.29 is 18.3 Å². The second-order valence-corrected chi connectivity index (χ2v) is 4.14. The monoisotopic (exact) mass is 294 g/mol. The number of amides is 1. The molecule has 0 aliphatic carbocycles. The smallest absolute Gasteiger partial charge is 0.261 e. The molecule has 0 saturated heterocycles.